The van der Waals surface area contributed by atoms with Crippen LogP contribution >= 0.6 is 24.8 Å². The molecule has 5 heteroatoms. The van der Waals surface area contributed by atoms with E-state index in [0.29, 0.717) is 12.4 Å². The number of nitrogens with zero attached hydrogens (tertiary/aromatic N) is 2. The molecule has 0 unspecified atom stereocenters. The minimum atomic E-state index is 0. The first-order valence-corrected chi connectivity index (χ1v) is 3.23. The van der Waals surface area contributed by atoms with Crippen molar-refractivity contribution in [3.05, 3.63) is 23.3 Å². The van der Waals surface area contributed by atoms with Gasteiger partial charge in [0, 0.05) is 11.9 Å². The van der Waals surface area contributed by atoms with Crippen molar-refractivity contribution in [2.75, 3.05) is 0 Å². The molecule has 0 aliphatic rings. The minimum Gasteiger partial charge on any atom is -0.324 e. The lowest BCUT2D eigenvalue weighted by atomic mass is 10.3. The summed E-state index contributed by atoms with van der Waals surface area (Å²) in [6.45, 7) is 4.35. The second-order valence-electron chi connectivity index (χ2n) is 2.26. The van der Waals surface area contributed by atoms with Gasteiger partial charge in [0.15, 0.2) is 0 Å². The van der Waals surface area contributed by atoms with Crippen molar-refractivity contribution >= 4 is 24.8 Å². The number of rotatable bonds is 1. The Morgan fingerprint density at radius 2 is 1.92 bits per heavy atom. The molecule has 0 aliphatic carbocycles. The van der Waals surface area contributed by atoms with Crippen molar-refractivity contribution in [2.45, 2.75) is 20.4 Å². The predicted octanol–water partition coefficient (Wildman–Crippen LogP) is 1.40. The Labute approximate surface area is 84.6 Å². The molecule has 0 amide bonds. The van der Waals surface area contributed by atoms with Crippen LogP contribution in [-0.2, 0) is 6.54 Å². The molecule has 2 N–H and O–H groups in total. The standard InChI is InChI=1S/C7H11N3.2ClH/c1-5-4-9-7(3-8)10-6(5)2;;/h4H,3,8H2,1-2H3;2*1H. The summed E-state index contributed by atoms with van der Waals surface area (Å²) in [6.07, 6.45) is 1.80. The molecule has 1 rings (SSSR count). The van der Waals surface area contributed by atoms with Gasteiger partial charge in [-0.15, -0.1) is 24.8 Å². The lowest BCUT2D eigenvalue weighted by Gasteiger charge is -1.99. The van der Waals surface area contributed by atoms with Crippen LogP contribution in [0, 0.1) is 13.8 Å². The van der Waals surface area contributed by atoms with E-state index < -0.39 is 0 Å². The smallest absolute Gasteiger partial charge is 0.142 e. The van der Waals surface area contributed by atoms with Gasteiger partial charge >= 0.3 is 0 Å². The third kappa shape index (κ3) is 3.34. The summed E-state index contributed by atoms with van der Waals surface area (Å²) < 4.78 is 0. The van der Waals surface area contributed by atoms with Gasteiger partial charge in [0.05, 0.1) is 6.54 Å². The summed E-state index contributed by atoms with van der Waals surface area (Å²) in [6, 6.07) is 0. The van der Waals surface area contributed by atoms with Crippen molar-refractivity contribution in [3.8, 4) is 0 Å². The topological polar surface area (TPSA) is 51.8 Å². The van der Waals surface area contributed by atoms with E-state index in [1.165, 1.54) is 0 Å². The van der Waals surface area contributed by atoms with Crippen LogP contribution in [0.25, 0.3) is 0 Å². The van der Waals surface area contributed by atoms with Crippen LogP contribution < -0.4 is 5.73 Å². The molecule has 0 aliphatic heterocycles. The Kier molecular flexibility index (Phi) is 7.28. The maximum absolute atomic E-state index is 5.34. The van der Waals surface area contributed by atoms with Crippen molar-refractivity contribution < 1.29 is 0 Å². The molecule has 0 radical (unpaired) electrons. The molecular formula is C7H13Cl2N3. The van der Waals surface area contributed by atoms with Crippen LogP contribution in [0.3, 0.4) is 0 Å². The second kappa shape index (κ2) is 6.17. The molecular weight excluding hydrogens is 197 g/mol. The Balaban J connectivity index is 0. The molecule has 0 aromatic carbocycles. The van der Waals surface area contributed by atoms with E-state index in [0.717, 1.165) is 11.3 Å². The van der Waals surface area contributed by atoms with Crippen LogP contribution in [0.4, 0.5) is 0 Å². The van der Waals surface area contributed by atoms with E-state index in [1.807, 2.05) is 13.8 Å². The first-order valence-electron chi connectivity index (χ1n) is 3.23. The van der Waals surface area contributed by atoms with Gasteiger partial charge in [0.1, 0.15) is 5.82 Å². The van der Waals surface area contributed by atoms with Crippen molar-refractivity contribution in [1.29, 1.82) is 0 Å². The highest BCUT2D eigenvalue weighted by molar-refractivity contribution is 5.85. The first-order chi connectivity index (χ1) is 4.74. The third-order valence-corrected chi connectivity index (χ3v) is 1.46. The zero-order chi connectivity index (χ0) is 7.56. The average Bonchev–Trinajstić information content (AvgIpc) is 1.95. The molecule has 0 atom stereocenters. The molecule has 0 spiro atoms. The fourth-order valence-corrected chi connectivity index (χ4v) is 0.674. The molecule has 1 aromatic rings. The SMILES string of the molecule is Cc1cnc(CN)nc1C.Cl.Cl. The number of aryl methyl sites for hydroxylation is 2. The van der Waals surface area contributed by atoms with Gasteiger partial charge in [-0.3, -0.25) is 0 Å². The van der Waals surface area contributed by atoms with Crippen molar-refractivity contribution in [3.63, 3.8) is 0 Å². The van der Waals surface area contributed by atoms with Crippen LogP contribution in [0.1, 0.15) is 17.1 Å². The predicted molar refractivity (Wildman–Crippen MR) is 53.9 cm³/mol. The fraction of sp³-hybridized carbons (Fsp3) is 0.429. The molecule has 0 fully saturated rings. The largest absolute Gasteiger partial charge is 0.324 e. The van der Waals surface area contributed by atoms with Crippen LogP contribution in [-0.4, -0.2) is 9.97 Å². The fourth-order valence-electron chi connectivity index (χ4n) is 0.674. The van der Waals surface area contributed by atoms with E-state index in [9.17, 15) is 0 Å². The molecule has 0 saturated carbocycles. The highest BCUT2D eigenvalue weighted by atomic mass is 35.5. The van der Waals surface area contributed by atoms with E-state index in [2.05, 4.69) is 9.97 Å². The molecule has 1 heterocycles. The number of nitrogens with two attached hydrogens (primary N) is 1. The number of hydrogen-bond donors (Lipinski definition) is 1. The maximum atomic E-state index is 5.34. The number of halogens is 2. The van der Waals surface area contributed by atoms with Gasteiger partial charge in [-0.2, -0.15) is 0 Å². The molecule has 0 saturated heterocycles. The van der Waals surface area contributed by atoms with E-state index in [-0.39, 0.29) is 24.8 Å². The zero-order valence-corrected chi connectivity index (χ0v) is 8.71. The van der Waals surface area contributed by atoms with Gasteiger partial charge in [-0.05, 0) is 19.4 Å². The van der Waals surface area contributed by atoms with Gasteiger partial charge in [-0.1, -0.05) is 0 Å². The Morgan fingerprint density at radius 1 is 1.33 bits per heavy atom. The lowest BCUT2D eigenvalue weighted by molar-refractivity contribution is 0.880. The average molecular weight is 210 g/mol. The zero-order valence-electron chi connectivity index (χ0n) is 7.07. The first kappa shape index (κ1) is 14.2. The van der Waals surface area contributed by atoms with Crippen molar-refractivity contribution in [1.82, 2.24) is 9.97 Å². The van der Waals surface area contributed by atoms with Crippen LogP contribution in [0.15, 0.2) is 6.20 Å². The second-order valence-corrected chi connectivity index (χ2v) is 2.26. The monoisotopic (exact) mass is 209 g/mol. The minimum absolute atomic E-state index is 0. The highest BCUT2D eigenvalue weighted by Crippen LogP contribution is 2.00. The lowest BCUT2D eigenvalue weighted by Crippen LogP contribution is -2.04. The van der Waals surface area contributed by atoms with Crippen LogP contribution in [0.2, 0.25) is 0 Å². The van der Waals surface area contributed by atoms with Crippen LogP contribution in [0.5, 0.6) is 0 Å². The summed E-state index contributed by atoms with van der Waals surface area (Å²) in [5, 5.41) is 0. The summed E-state index contributed by atoms with van der Waals surface area (Å²) in [7, 11) is 0. The summed E-state index contributed by atoms with van der Waals surface area (Å²) >= 11 is 0. The normalized spacial score (nSPS) is 8.25. The number of aromatic nitrogens is 2. The van der Waals surface area contributed by atoms with Gasteiger partial charge in [0.2, 0.25) is 0 Å². The molecule has 0 bridgehead atoms. The van der Waals surface area contributed by atoms with E-state index >= 15 is 0 Å². The summed E-state index contributed by atoms with van der Waals surface area (Å²) in [4.78, 5) is 8.18. The Morgan fingerprint density at radius 3 is 2.33 bits per heavy atom. The molecule has 3 nitrogen and oxygen atoms in total. The summed E-state index contributed by atoms with van der Waals surface area (Å²) in [5.41, 5.74) is 7.46. The van der Waals surface area contributed by atoms with E-state index in [4.69, 9.17) is 5.73 Å². The molecule has 1 aromatic heterocycles. The Bertz CT molecular complexity index is 240. The van der Waals surface area contributed by atoms with Crippen molar-refractivity contribution in [2.24, 2.45) is 5.73 Å². The maximum Gasteiger partial charge on any atom is 0.142 e. The summed E-state index contributed by atoms with van der Waals surface area (Å²) in [5.74, 6) is 0.711. The molecule has 12 heavy (non-hydrogen) atoms. The van der Waals surface area contributed by atoms with Gasteiger partial charge in [0.25, 0.3) is 0 Å². The van der Waals surface area contributed by atoms with Gasteiger partial charge < -0.3 is 5.73 Å². The third-order valence-electron chi connectivity index (χ3n) is 1.46. The van der Waals surface area contributed by atoms with Gasteiger partial charge in [-0.25, -0.2) is 9.97 Å². The van der Waals surface area contributed by atoms with E-state index in [1.54, 1.807) is 6.20 Å². The highest BCUT2D eigenvalue weighted by Gasteiger charge is 1.95. The Hall–Kier alpha value is -0.380. The molecule has 70 valence electrons. The quantitative estimate of drug-likeness (QED) is 0.762. The number of hydrogen-bond acceptors (Lipinski definition) is 3.